The maximum Gasteiger partial charge on any atom is 0.345 e. The standard InChI is InChI=1S/C16H30O5/c1-3-5-7-9-11-13(17)16(20)21-14(15(18)19)12-10-8-6-4-2/h13-14,17H,3-12H2,1-2H3,(H,18,19). The molecule has 0 aromatic heterocycles. The zero-order valence-corrected chi connectivity index (χ0v) is 13.3. The van der Waals surface area contributed by atoms with Gasteiger partial charge in [0, 0.05) is 0 Å². The van der Waals surface area contributed by atoms with Crippen molar-refractivity contribution >= 4 is 11.9 Å². The molecular weight excluding hydrogens is 272 g/mol. The summed E-state index contributed by atoms with van der Waals surface area (Å²) in [4.78, 5) is 22.7. The van der Waals surface area contributed by atoms with Crippen LogP contribution in [0.5, 0.6) is 0 Å². The molecule has 0 radical (unpaired) electrons. The van der Waals surface area contributed by atoms with Gasteiger partial charge in [0.2, 0.25) is 0 Å². The molecule has 0 saturated heterocycles. The minimum Gasteiger partial charge on any atom is -0.479 e. The minimum absolute atomic E-state index is 0.309. The molecular formula is C16H30O5. The first-order chi connectivity index (χ1) is 10.0. The number of hydrogen-bond acceptors (Lipinski definition) is 4. The van der Waals surface area contributed by atoms with Crippen molar-refractivity contribution in [3.8, 4) is 0 Å². The highest BCUT2D eigenvalue weighted by molar-refractivity contribution is 5.80. The van der Waals surface area contributed by atoms with Crippen LogP contribution in [0.1, 0.15) is 78.1 Å². The van der Waals surface area contributed by atoms with Gasteiger partial charge in [0.25, 0.3) is 0 Å². The van der Waals surface area contributed by atoms with Crippen molar-refractivity contribution in [3.63, 3.8) is 0 Å². The number of carbonyl (C=O) groups excluding carboxylic acids is 1. The summed E-state index contributed by atoms with van der Waals surface area (Å²) < 4.78 is 4.92. The normalized spacial score (nSPS) is 13.7. The van der Waals surface area contributed by atoms with Crippen LogP contribution in [0.3, 0.4) is 0 Å². The Morgan fingerprint density at radius 2 is 1.43 bits per heavy atom. The monoisotopic (exact) mass is 302 g/mol. The molecule has 0 spiro atoms. The molecule has 2 atom stereocenters. The summed E-state index contributed by atoms with van der Waals surface area (Å²) in [7, 11) is 0. The van der Waals surface area contributed by atoms with Crippen LogP contribution in [0.4, 0.5) is 0 Å². The van der Waals surface area contributed by atoms with Crippen LogP contribution in [0.15, 0.2) is 0 Å². The Hall–Kier alpha value is -1.10. The lowest BCUT2D eigenvalue weighted by atomic mass is 10.1. The lowest BCUT2D eigenvalue weighted by Crippen LogP contribution is -2.32. The molecule has 0 bridgehead atoms. The Morgan fingerprint density at radius 3 is 1.90 bits per heavy atom. The van der Waals surface area contributed by atoms with Crippen LogP contribution in [0, 0.1) is 0 Å². The quantitative estimate of drug-likeness (QED) is 0.403. The van der Waals surface area contributed by atoms with E-state index in [1.807, 2.05) is 0 Å². The molecule has 0 rings (SSSR count). The van der Waals surface area contributed by atoms with Crippen molar-refractivity contribution in [1.29, 1.82) is 0 Å². The number of carbonyl (C=O) groups is 2. The van der Waals surface area contributed by atoms with Gasteiger partial charge in [-0.2, -0.15) is 0 Å². The van der Waals surface area contributed by atoms with E-state index in [1.165, 1.54) is 0 Å². The summed E-state index contributed by atoms with van der Waals surface area (Å²) in [5.74, 6) is -1.95. The molecule has 0 aliphatic rings. The largest absolute Gasteiger partial charge is 0.479 e. The van der Waals surface area contributed by atoms with E-state index in [1.54, 1.807) is 0 Å². The predicted molar refractivity (Wildman–Crippen MR) is 81.0 cm³/mol. The molecule has 0 heterocycles. The van der Waals surface area contributed by atoms with Gasteiger partial charge in [-0.3, -0.25) is 0 Å². The molecule has 5 heteroatoms. The molecule has 21 heavy (non-hydrogen) atoms. The average Bonchev–Trinajstić information content (AvgIpc) is 2.46. The van der Waals surface area contributed by atoms with E-state index in [-0.39, 0.29) is 0 Å². The number of esters is 1. The van der Waals surface area contributed by atoms with Gasteiger partial charge >= 0.3 is 11.9 Å². The number of aliphatic hydroxyl groups excluding tert-OH is 1. The van der Waals surface area contributed by atoms with Crippen molar-refractivity contribution < 1.29 is 24.5 Å². The fourth-order valence-corrected chi connectivity index (χ4v) is 2.09. The smallest absolute Gasteiger partial charge is 0.345 e. The van der Waals surface area contributed by atoms with E-state index in [9.17, 15) is 14.7 Å². The van der Waals surface area contributed by atoms with Gasteiger partial charge in [-0.25, -0.2) is 9.59 Å². The third kappa shape index (κ3) is 10.3. The molecule has 0 aromatic carbocycles. The number of carboxylic acid groups (broad SMARTS) is 1. The Bertz CT molecular complexity index is 290. The van der Waals surface area contributed by atoms with E-state index < -0.39 is 24.1 Å². The van der Waals surface area contributed by atoms with E-state index in [2.05, 4.69) is 13.8 Å². The third-order valence-corrected chi connectivity index (χ3v) is 3.46. The first-order valence-electron chi connectivity index (χ1n) is 8.14. The first kappa shape index (κ1) is 19.9. The second-order valence-corrected chi connectivity index (χ2v) is 5.48. The van der Waals surface area contributed by atoms with Gasteiger partial charge in [-0.1, -0.05) is 58.8 Å². The van der Waals surface area contributed by atoms with Crippen molar-refractivity contribution in [1.82, 2.24) is 0 Å². The van der Waals surface area contributed by atoms with Crippen LogP contribution >= 0.6 is 0 Å². The van der Waals surface area contributed by atoms with Gasteiger partial charge in [0.1, 0.15) is 0 Å². The van der Waals surface area contributed by atoms with E-state index >= 15 is 0 Å². The van der Waals surface area contributed by atoms with Gasteiger partial charge in [-0.05, 0) is 19.3 Å². The summed E-state index contributed by atoms with van der Waals surface area (Å²) >= 11 is 0. The Balaban J connectivity index is 4.05. The Labute approximate surface area is 127 Å². The van der Waals surface area contributed by atoms with Gasteiger partial charge < -0.3 is 14.9 Å². The minimum atomic E-state index is -1.21. The number of aliphatic carboxylic acids is 1. The number of rotatable bonds is 13. The second kappa shape index (κ2) is 12.6. The lowest BCUT2D eigenvalue weighted by Gasteiger charge is -2.16. The molecule has 0 fully saturated rings. The molecule has 0 amide bonds. The number of hydrogen-bond donors (Lipinski definition) is 2. The molecule has 0 aliphatic carbocycles. The third-order valence-electron chi connectivity index (χ3n) is 3.46. The predicted octanol–water partition coefficient (Wildman–Crippen LogP) is 3.28. The van der Waals surface area contributed by atoms with Crippen LogP contribution in [0.2, 0.25) is 0 Å². The number of ether oxygens (including phenoxy) is 1. The maximum absolute atomic E-state index is 11.7. The van der Waals surface area contributed by atoms with Crippen molar-refractivity contribution in [2.75, 3.05) is 0 Å². The second-order valence-electron chi connectivity index (χ2n) is 5.48. The fourth-order valence-electron chi connectivity index (χ4n) is 2.09. The fraction of sp³-hybridized carbons (Fsp3) is 0.875. The number of aliphatic hydroxyl groups is 1. The average molecular weight is 302 g/mol. The van der Waals surface area contributed by atoms with Crippen LogP contribution in [0.25, 0.3) is 0 Å². The summed E-state index contributed by atoms with van der Waals surface area (Å²) in [5, 5.41) is 18.7. The van der Waals surface area contributed by atoms with E-state index in [0.29, 0.717) is 19.3 Å². The zero-order chi connectivity index (χ0) is 16.1. The highest BCUT2D eigenvalue weighted by Gasteiger charge is 2.25. The molecule has 2 unspecified atom stereocenters. The molecule has 124 valence electrons. The number of carboxylic acids is 1. The van der Waals surface area contributed by atoms with Crippen LogP contribution in [-0.4, -0.2) is 34.4 Å². The Kier molecular flexibility index (Phi) is 12.0. The van der Waals surface area contributed by atoms with Gasteiger partial charge in [-0.15, -0.1) is 0 Å². The zero-order valence-electron chi connectivity index (χ0n) is 13.3. The SMILES string of the molecule is CCCCCCC(O)C(=O)OC(CCCCCC)C(=O)O. The maximum atomic E-state index is 11.7. The molecule has 0 aromatic rings. The van der Waals surface area contributed by atoms with Crippen molar-refractivity contribution in [3.05, 3.63) is 0 Å². The summed E-state index contributed by atoms with van der Waals surface area (Å²) in [6, 6.07) is 0. The summed E-state index contributed by atoms with van der Waals surface area (Å²) in [6.45, 7) is 4.16. The Morgan fingerprint density at radius 1 is 0.905 bits per heavy atom. The van der Waals surface area contributed by atoms with Gasteiger partial charge in [0.05, 0.1) is 0 Å². The highest BCUT2D eigenvalue weighted by Crippen LogP contribution is 2.12. The first-order valence-corrected chi connectivity index (χ1v) is 8.14. The van der Waals surface area contributed by atoms with Crippen molar-refractivity contribution in [2.45, 2.75) is 90.3 Å². The molecule has 2 N–H and O–H groups in total. The summed E-state index contributed by atoms with van der Waals surface area (Å²) in [5.41, 5.74) is 0. The van der Waals surface area contributed by atoms with E-state index in [4.69, 9.17) is 9.84 Å². The molecule has 0 aliphatic heterocycles. The molecule has 0 saturated carbocycles. The highest BCUT2D eigenvalue weighted by atomic mass is 16.6. The van der Waals surface area contributed by atoms with Gasteiger partial charge in [0.15, 0.2) is 12.2 Å². The molecule has 5 nitrogen and oxygen atoms in total. The number of unbranched alkanes of at least 4 members (excludes halogenated alkanes) is 6. The van der Waals surface area contributed by atoms with E-state index in [0.717, 1.165) is 44.9 Å². The van der Waals surface area contributed by atoms with Crippen LogP contribution in [-0.2, 0) is 14.3 Å². The van der Waals surface area contributed by atoms with Crippen molar-refractivity contribution in [2.24, 2.45) is 0 Å². The van der Waals surface area contributed by atoms with Crippen LogP contribution < -0.4 is 0 Å². The lowest BCUT2D eigenvalue weighted by molar-refractivity contribution is -0.170. The topological polar surface area (TPSA) is 83.8 Å². The summed E-state index contributed by atoms with van der Waals surface area (Å²) in [6.07, 6.45) is 5.90.